The molecule has 0 radical (unpaired) electrons. The third-order valence-electron chi connectivity index (χ3n) is 3.97. The maximum Gasteiger partial charge on any atom is 0.220 e. The Morgan fingerprint density at radius 3 is 2.81 bits per heavy atom. The molecule has 1 amide bonds. The number of carbonyl (C=O) groups is 1. The summed E-state index contributed by atoms with van der Waals surface area (Å²) in [5.74, 6) is 0.188. The van der Waals surface area contributed by atoms with Gasteiger partial charge in [0, 0.05) is 23.4 Å². The first-order valence-electron chi connectivity index (χ1n) is 5.75. The van der Waals surface area contributed by atoms with Crippen LogP contribution in [-0.2, 0) is 16.6 Å². The van der Waals surface area contributed by atoms with E-state index in [2.05, 4.69) is 17.4 Å². The average Bonchev–Trinajstić information content (AvgIpc) is 2.62. The highest BCUT2D eigenvalue weighted by Gasteiger charge is 2.41. The second-order valence-corrected chi connectivity index (χ2v) is 5.29. The fourth-order valence-electron chi connectivity index (χ4n) is 3.04. The lowest BCUT2D eigenvalue weighted by molar-refractivity contribution is -0.123. The molecule has 2 nitrogen and oxygen atoms in total. The van der Waals surface area contributed by atoms with E-state index in [1.54, 1.807) is 0 Å². The van der Waals surface area contributed by atoms with Crippen molar-refractivity contribution in [1.29, 1.82) is 0 Å². The predicted molar refractivity (Wildman–Crippen MR) is 63.7 cm³/mol. The number of fused-ring (bicyclic) bond motifs is 2. The Hall–Kier alpha value is -1.02. The van der Waals surface area contributed by atoms with Gasteiger partial charge in [-0.15, -0.1) is 0 Å². The van der Waals surface area contributed by atoms with Gasteiger partial charge in [-0.25, -0.2) is 0 Å². The molecule has 1 saturated heterocycles. The fourth-order valence-corrected chi connectivity index (χ4v) is 3.23. The van der Waals surface area contributed by atoms with Gasteiger partial charge < -0.3 is 5.32 Å². The van der Waals surface area contributed by atoms with Crippen LogP contribution >= 0.6 is 11.6 Å². The van der Waals surface area contributed by atoms with Crippen LogP contribution in [0, 0.1) is 0 Å². The lowest BCUT2D eigenvalue weighted by Crippen LogP contribution is -2.44. The minimum atomic E-state index is 0.188. The van der Waals surface area contributed by atoms with Crippen LogP contribution in [0.15, 0.2) is 18.2 Å². The van der Waals surface area contributed by atoms with E-state index in [-0.39, 0.29) is 11.3 Å². The molecule has 84 valence electrons. The molecule has 1 aromatic carbocycles. The largest absolute Gasteiger partial charge is 0.355 e. The first-order valence-corrected chi connectivity index (χ1v) is 6.13. The Labute approximate surface area is 100.0 Å². The number of hydrogen-bond acceptors (Lipinski definition) is 1. The molecule has 3 heteroatoms. The highest BCUT2D eigenvalue weighted by molar-refractivity contribution is 6.30. The van der Waals surface area contributed by atoms with Crippen molar-refractivity contribution in [2.75, 3.05) is 6.54 Å². The van der Waals surface area contributed by atoms with Crippen molar-refractivity contribution in [2.45, 2.75) is 31.1 Å². The lowest BCUT2D eigenvalue weighted by Gasteiger charge is -2.34. The maximum atomic E-state index is 11.2. The van der Waals surface area contributed by atoms with Crippen molar-refractivity contribution >= 4 is 17.5 Å². The molecular weight excluding hydrogens is 222 g/mol. The molecule has 0 aromatic heterocycles. The van der Waals surface area contributed by atoms with E-state index in [1.165, 1.54) is 11.1 Å². The van der Waals surface area contributed by atoms with Gasteiger partial charge in [-0.1, -0.05) is 17.7 Å². The minimum Gasteiger partial charge on any atom is -0.355 e. The number of carbonyl (C=O) groups excluding carboxylic acids is 1. The summed E-state index contributed by atoms with van der Waals surface area (Å²) in [5, 5.41) is 3.81. The van der Waals surface area contributed by atoms with Crippen molar-refractivity contribution in [2.24, 2.45) is 0 Å². The number of piperidine rings is 1. The summed E-state index contributed by atoms with van der Waals surface area (Å²) in [6.07, 6.45) is 3.87. The average molecular weight is 236 g/mol. The van der Waals surface area contributed by atoms with Crippen LogP contribution in [0.25, 0.3) is 0 Å². The SMILES string of the molecule is O=C1CCC2(CCc3cc(Cl)ccc32)CN1. The second-order valence-electron chi connectivity index (χ2n) is 4.86. The fraction of sp³-hybridized carbons (Fsp3) is 0.462. The second kappa shape index (κ2) is 3.49. The number of halogens is 1. The highest BCUT2D eigenvalue weighted by Crippen LogP contribution is 2.44. The molecule has 1 spiro atoms. The van der Waals surface area contributed by atoms with E-state index in [0.29, 0.717) is 6.42 Å². The summed E-state index contributed by atoms with van der Waals surface area (Å²) in [4.78, 5) is 11.2. The molecule has 16 heavy (non-hydrogen) atoms. The van der Waals surface area contributed by atoms with Crippen molar-refractivity contribution in [3.05, 3.63) is 34.3 Å². The molecular formula is C13H14ClNO. The van der Waals surface area contributed by atoms with E-state index in [1.807, 2.05) is 6.07 Å². The van der Waals surface area contributed by atoms with Crippen LogP contribution < -0.4 is 5.32 Å². The summed E-state index contributed by atoms with van der Waals surface area (Å²) < 4.78 is 0. The number of rotatable bonds is 0. The number of nitrogens with one attached hydrogen (secondary N) is 1. The van der Waals surface area contributed by atoms with Crippen molar-refractivity contribution in [1.82, 2.24) is 5.32 Å². The van der Waals surface area contributed by atoms with Gasteiger partial charge in [-0.05, 0) is 42.5 Å². The van der Waals surface area contributed by atoms with Gasteiger partial charge in [0.2, 0.25) is 5.91 Å². The minimum absolute atomic E-state index is 0.188. The quantitative estimate of drug-likeness (QED) is 0.735. The summed E-state index contributed by atoms with van der Waals surface area (Å²) in [7, 11) is 0. The van der Waals surface area contributed by atoms with Crippen molar-refractivity contribution in [3.8, 4) is 0 Å². The summed E-state index contributed by atoms with van der Waals surface area (Å²) in [6.45, 7) is 0.792. The van der Waals surface area contributed by atoms with Gasteiger partial charge in [0.15, 0.2) is 0 Å². The number of hydrogen-bond donors (Lipinski definition) is 1. The molecule has 1 N–H and O–H groups in total. The van der Waals surface area contributed by atoms with Gasteiger partial charge >= 0.3 is 0 Å². The monoisotopic (exact) mass is 235 g/mol. The Morgan fingerprint density at radius 2 is 2.06 bits per heavy atom. The first kappa shape index (κ1) is 10.2. The van der Waals surface area contributed by atoms with Crippen LogP contribution in [0.4, 0.5) is 0 Å². The van der Waals surface area contributed by atoms with E-state index >= 15 is 0 Å². The predicted octanol–water partition coefficient (Wildman–Crippen LogP) is 2.43. The standard InChI is InChI=1S/C13H14ClNO/c14-10-1-2-11-9(7-10)3-5-13(11)6-4-12(16)15-8-13/h1-2,7H,3-6,8H2,(H,15,16). The molecule has 1 aliphatic carbocycles. The van der Waals surface area contributed by atoms with Gasteiger partial charge in [-0.2, -0.15) is 0 Å². The highest BCUT2D eigenvalue weighted by atomic mass is 35.5. The lowest BCUT2D eigenvalue weighted by atomic mass is 9.76. The molecule has 1 atom stereocenters. The van der Waals surface area contributed by atoms with Gasteiger partial charge in [0.25, 0.3) is 0 Å². The van der Waals surface area contributed by atoms with Gasteiger partial charge in [-0.3, -0.25) is 4.79 Å². The zero-order valence-corrected chi connectivity index (χ0v) is 9.81. The van der Waals surface area contributed by atoms with Crippen LogP contribution in [0.2, 0.25) is 5.02 Å². The molecule has 1 unspecified atom stereocenters. The van der Waals surface area contributed by atoms with Gasteiger partial charge in [0.05, 0.1) is 0 Å². The van der Waals surface area contributed by atoms with Gasteiger partial charge in [0.1, 0.15) is 0 Å². The van der Waals surface area contributed by atoms with E-state index in [9.17, 15) is 4.79 Å². The van der Waals surface area contributed by atoms with E-state index in [0.717, 1.165) is 30.8 Å². The Bertz CT molecular complexity index is 445. The topological polar surface area (TPSA) is 29.1 Å². The summed E-state index contributed by atoms with van der Waals surface area (Å²) in [5.41, 5.74) is 2.95. The van der Waals surface area contributed by atoms with Crippen LogP contribution in [0.5, 0.6) is 0 Å². The molecule has 1 aromatic rings. The smallest absolute Gasteiger partial charge is 0.220 e. The molecule has 2 aliphatic rings. The van der Waals surface area contributed by atoms with Crippen LogP contribution in [0.1, 0.15) is 30.4 Å². The van der Waals surface area contributed by atoms with E-state index in [4.69, 9.17) is 11.6 Å². The zero-order valence-electron chi connectivity index (χ0n) is 9.05. The molecule has 1 fully saturated rings. The summed E-state index contributed by atoms with van der Waals surface area (Å²) >= 11 is 6.00. The Kier molecular flexibility index (Phi) is 2.21. The number of amides is 1. The molecule has 0 bridgehead atoms. The number of aryl methyl sites for hydroxylation is 1. The normalized spacial score (nSPS) is 27.9. The van der Waals surface area contributed by atoms with Crippen LogP contribution in [0.3, 0.4) is 0 Å². The third kappa shape index (κ3) is 1.44. The maximum absolute atomic E-state index is 11.2. The van der Waals surface area contributed by atoms with Crippen LogP contribution in [-0.4, -0.2) is 12.5 Å². The third-order valence-corrected chi connectivity index (χ3v) is 4.20. The zero-order chi connectivity index (χ0) is 11.2. The molecule has 3 rings (SSSR count). The molecule has 0 saturated carbocycles. The molecule has 1 heterocycles. The van der Waals surface area contributed by atoms with Crippen molar-refractivity contribution < 1.29 is 4.79 Å². The summed E-state index contributed by atoms with van der Waals surface area (Å²) in [6, 6.07) is 6.17. The molecule has 1 aliphatic heterocycles. The Balaban J connectivity index is 1.99. The van der Waals surface area contributed by atoms with E-state index < -0.39 is 0 Å². The van der Waals surface area contributed by atoms with Crippen molar-refractivity contribution in [3.63, 3.8) is 0 Å². The Morgan fingerprint density at radius 1 is 1.25 bits per heavy atom. The first-order chi connectivity index (χ1) is 7.70. The number of benzene rings is 1.